The van der Waals surface area contributed by atoms with Crippen molar-refractivity contribution < 1.29 is 19.1 Å². The van der Waals surface area contributed by atoms with Crippen molar-refractivity contribution in [2.24, 2.45) is 0 Å². The molecule has 13 heavy (non-hydrogen) atoms. The van der Waals surface area contributed by atoms with Crippen molar-refractivity contribution in [2.75, 3.05) is 6.61 Å². The van der Waals surface area contributed by atoms with Crippen molar-refractivity contribution in [2.45, 2.75) is 26.4 Å². The number of cyclic esters (lactones) is 1. The molecule has 0 aromatic heterocycles. The molecule has 1 fully saturated rings. The number of carbonyl (C=O) groups excluding carboxylic acids is 2. The van der Waals surface area contributed by atoms with Crippen LogP contribution >= 0.6 is 0 Å². The number of ether oxygens (including phenoxy) is 2. The van der Waals surface area contributed by atoms with Gasteiger partial charge in [-0.2, -0.15) is 0 Å². The van der Waals surface area contributed by atoms with Crippen LogP contribution in [0.5, 0.6) is 0 Å². The summed E-state index contributed by atoms with van der Waals surface area (Å²) in [4.78, 5) is 21.4. The molecule has 0 N–H and O–H groups in total. The van der Waals surface area contributed by atoms with Crippen LogP contribution in [0.3, 0.4) is 0 Å². The summed E-state index contributed by atoms with van der Waals surface area (Å²) in [5.74, 6) is -0.804. The highest BCUT2D eigenvalue weighted by Gasteiger charge is 2.36. The Hall–Kier alpha value is -1.32. The minimum absolute atomic E-state index is 0.146. The average molecular weight is 184 g/mol. The van der Waals surface area contributed by atoms with Crippen molar-refractivity contribution in [3.63, 3.8) is 0 Å². The maximum absolute atomic E-state index is 11.0. The van der Waals surface area contributed by atoms with Crippen LogP contribution in [0.25, 0.3) is 0 Å². The van der Waals surface area contributed by atoms with E-state index in [9.17, 15) is 9.59 Å². The van der Waals surface area contributed by atoms with E-state index >= 15 is 0 Å². The van der Waals surface area contributed by atoms with Gasteiger partial charge in [0.1, 0.15) is 6.61 Å². The van der Waals surface area contributed by atoms with Crippen LogP contribution in [0.2, 0.25) is 0 Å². The van der Waals surface area contributed by atoms with Gasteiger partial charge in [0.05, 0.1) is 6.42 Å². The fourth-order valence-corrected chi connectivity index (χ4v) is 0.815. The Morgan fingerprint density at radius 2 is 2.31 bits per heavy atom. The Balaban J connectivity index is 2.19. The number of rotatable bonds is 3. The first-order valence-corrected chi connectivity index (χ1v) is 4.09. The lowest BCUT2D eigenvalue weighted by Gasteiger charge is -2.22. The molecule has 4 heteroatoms. The summed E-state index contributed by atoms with van der Waals surface area (Å²) < 4.78 is 9.34. The number of carbonyl (C=O) groups is 2. The third-order valence-electron chi connectivity index (χ3n) is 1.61. The Labute approximate surface area is 76.5 Å². The third-order valence-corrected chi connectivity index (χ3v) is 1.61. The molecule has 1 aliphatic heterocycles. The number of hydrogen-bond donors (Lipinski definition) is 0. The third kappa shape index (κ3) is 2.89. The molecule has 1 atom stereocenters. The largest absolute Gasteiger partial charge is 0.459 e. The molecule has 0 aromatic rings. The smallest absolute Gasteiger partial charge is 0.348 e. The van der Waals surface area contributed by atoms with Gasteiger partial charge in [0.2, 0.25) is 6.10 Å². The van der Waals surface area contributed by atoms with Crippen LogP contribution in [0.15, 0.2) is 11.6 Å². The standard InChI is InChI=1S/C9H12O4/c1-6(2)3-4-12-9(11)7-5-8(10)13-7/h3,7H,4-5H2,1-2H3. The first kappa shape index (κ1) is 9.77. The van der Waals surface area contributed by atoms with Gasteiger partial charge in [-0.25, -0.2) is 4.79 Å². The van der Waals surface area contributed by atoms with Gasteiger partial charge in [-0.3, -0.25) is 4.79 Å². The SMILES string of the molecule is CC(C)=CCOC(=O)C1CC(=O)O1. The van der Waals surface area contributed by atoms with Gasteiger partial charge in [0.15, 0.2) is 0 Å². The zero-order valence-corrected chi connectivity index (χ0v) is 7.70. The summed E-state index contributed by atoms with van der Waals surface area (Å²) >= 11 is 0. The molecule has 0 bridgehead atoms. The normalized spacial score (nSPS) is 19.8. The Morgan fingerprint density at radius 1 is 1.69 bits per heavy atom. The summed E-state index contributed by atoms with van der Waals surface area (Å²) in [6.07, 6.45) is 1.27. The predicted octanol–water partition coefficient (Wildman–Crippen LogP) is 0.811. The molecule has 0 radical (unpaired) electrons. The van der Waals surface area contributed by atoms with Crippen molar-refractivity contribution in [3.05, 3.63) is 11.6 Å². The van der Waals surface area contributed by atoms with E-state index in [4.69, 9.17) is 4.74 Å². The van der Waals surface area contributed by atoms with Crippen LogP contribution in [0.4, 0.5) is 0 Å². The quantitative estimate of drug-likeness (QED) is 0.481. The molecular formula is C9H12O4. The Bertz CT molecular complexity index is 242. The first-order chi connectivity index (χ1) is 6.09. The lowest BCUT2D eigenvalue weighted by Crippen LogP contribution is -2.40. The van der Waals surface area contributed by atoms with E-state index in [1.165, 1.54) is 0 Å². The van der Waals surface area contributed by atoms with Crippen molar-refractivity contribution in [1.29, 1.82) is 0 Å². The topological polar surface area (TPSA) is 52.6 Å². The highest BCUT2D eigenvalue weighted by molar-refractivity contribution is 5.89. The molecule has 4 nitrogen and oxygen atoms in total. The summed E-state index contributed by atoms with van der Waals surface area (Å²) in [6.45, 7) is 4.07. The lowest BCUT2D eigenvalue weighted by molar-refractivity contribution is -0.184. The molecule has 1 heterocycles. The van der Waals surface area contributed by atoms with Crippen molar-refractivity contribution >= 4 is 11.9 Å². The fraction of sp³-hybridized carbons (Fsp3) is 0.556. The van der Waals surface area contributed by atoms with Crippen LogP contribution < -0.4 is 0 Å². The van der Waals surface area contributed by atoms with E-state index in [0.717, 1.165) is 5.57 Å². The van der Waals surface area contributed by atoms with E-state index in [2.05, 4.69) is 4.74 Å². The second-order valence-electron chi connectivity index (χ2n) is 3.09. The molecule has 1 unspecified atom stereocenters. The Morgan fingerprint density at radius 3 is 2.77 bits per heavy atom. The fourth-order valence-electron chi connectivity index (χ4n) is 0.815. The van der Waals surface area contributed by atoms with Gasteiger partial charge < -0.3 is 9.47 Å². The summed E-state index contributed by atoms with van der Waals surface area (Å²) in [7, 11) is 0. The van der Waals surface area contributed by atoms with Crippen molar-refractivity contribution in [1.82, 2.24) is 0 Å². The van der Waals surface area contributed by atoms with Gasteiger partial charge >= 0.3 is 11.9 Å². The summed E-state index contributed by atoms with van der Waals surface area (Å²) in [5, 5.41) is 0. The predicted molar refractivity (Wildman–Crippen MR) is 44.9 cm³/mol. The second-order valence-corrected chi connectivity index (χ2v) is 3.09. The van der Waals surface area contributed by atoms with Gasteiger partial charge in [-0.05, 0) is 19.9 Å². The van der Waals surface area contributed by atoms with E-state index in [0.29, 0.717) is 0 Å². The zero-order chi connectivity index (χ0) is 9.84. The van der Waals surface area contributed by atoms with E-state index in [1.54, 1.807) is 6.08 Å². The molecule has 1 saturated heterocycles. The number of hydrogen-bond acceptors (Lipinski definition) is 4. The molecule has 0 spiro atoms. The number of allylic oxidation sites excluding steroid dienone is 1. The molecule has 0 aromatic carbocycles. The molecule has 1 aliphatic rings. The lowest BCUT2D eigenvalue weighted by atomic mass is 10.2. The summed E-state index contributed by atoms with van der Waals surface area (Å²) in [5.41, 5.74) is 1.08. The van der Waals surface area contributed by atoms with Crippen LogP contribution in [-0.2, 0) is 19.1 Å². The average Bonchev–Trinajstić information content (AvgIpc) is 1.97. The molecule has 1 rings (SSSR count). The summed E-state index contributed by atoms with van der Waals surface area (Å²) in [6, 6.07) is 0. The van der Waals surface area contributed by atoms with Gasteiger partial charge in [-0.1, -0.05) is 5.57 Å². The van der Waals surface area contributed by atoms with Crippen LogP contribution in [0.1, 0.15) is 20.3 Å². The maximum atomic E-state index is 11.0. The molecule has 0 saturated carbocycles. The van der Waals surface area contributed by atoms with Crippen LogP contribution in [0, 0.1) is 0 Å². The minimum atomic E-state index is -0.668. The maximum Gasteiger partial charge on any atom is 0.348 e. The molecule has 0 amide bonds. The molecule has 0 aliphatic carbocycles. The first-order valence-electron chi connectivity index (χ1n) is 4.09. The van der Waals surface area contributed by atoms with Gasteiger partial charge in [-0.15, -0.1) is 0 Å². The van der Waals surface area contributed by atoms with E-state index < -0.39 is 12.1 Å². The zero-order valence-electron chi connectivity index (χ0n) is 7.70. The minimum Gasteiger partial charge on any atom is -0.459 e. The molecule has 72 valence electrons. The highest BCUT2D eigenvalue weighted by Crippen LogP contribution is 2.14. The monoisotopic (exact) mass is 184 g/mol. The van der Waals surface area contributed by atoms with Gasteiger partial charge in [0, 0.05) is 0 Å². The van der Waals surface area contributed by atoms with Crippen molar-refractivity contribution in [3.8, 4) is 0 Å². The van der Waals surface area contributed by atoms with E-state index in [-0.39, 0.29) is 19.0 Å². The Kier molecular flexibility index (Phi) is 3.06. The second kappa shape index (κ2) is 4.07. The van der Waals surface area contributed by atoms with E-state index in [1.807, 2.05) is 13.8 Å². The van der Waals surface area contributed by atoms with Gasteiger partial charge in [0.25, 0.3) is 0 Å². The number of esters is 2. The van der Waals surface area contributed by atoms with Crippen LogP contribution in [-0.4, -0.2) is 24.6 Å². The molecular weight excluding hydrogens is 172 g/mol. The highest BCUT2D eigenvalue weighted by atomic mass is 16.6.